The quantitative estimate of drug-likeness (QED) is 0.445. The second-order valence-electron chi connectivity index (χ2n) is 2.87. The summed E-state index contributed by atoms with van der Waals surface area (Å²) < 4.78 is 0. The second kappa shape index (κ2) is 7.58. The van der Waals surface area contributed by atoms with E-state index in [1.807, 2.05) is 0 Å². The van der Waals surface area contributed by atoms with E-state index < -0.39 is 0 Å². The molecule has 0 aromatic heterocycles. The van der Waals surface area contributed by atoms with Crippen molar-refractivity contribution in [2.45, 2.75) is 39.5 Å². The molecule has 1 N–H and O–H groups in total. The van der Waals surface area contributed by atoms with Crippen molar-refractivity contribution >= 4 is 6.34 Å². The molecule has 0 bridgehead atoms. The van der Waals surface area contributed by atoms with Crippen LogP contribution in [0.5, 0.6) is 0 Å². The maximum Gasteiger partial charge on any atom is 0.0817 e. The molecule has 0 aromatic rings. The number of unbranched alkanes of at least 4 members (excludes halogenated alkanes) is 2. The van der Waals surface area contributed by atoms with Crippen molar-refractivity contribution in [3.8, 4) is 0 Å². The molecule has 0 rings (SSSR count). The number of nitrogens with one attached hydrogen (secondary N) is 1. The Morgan fingerprint density at radius 3 is 1.82 bits per heavy atom. The number of nitrogens with zero attached hydrogens (tertiary/aromatic N) is 1. The lowest BCUT2D eigenvalue weighted by Crippen LogP contribution is -2.23. The molecule has 0 saturated heterocycles. The van der Waals surface area contributed by atoms with Gasteiger partial charge in [0, 0.05) is 13.1 Å². The maximum absolute atomic E-state index is 7.12. The largest absolute Gasteiger partial charge is 0.363 e. The van der Waals surface area contributed by atoms with E-state index in [0.29, 0.717) is 0 Å². The van der Waals surface area contributed by atoms with Crippen LogP contribution in [0.25, 0.3) is 0 Å². The first-order valence-electron chi connectivity index (χ1n) is 4.59. The van der Waals surface area contributed by atoms with Crippen molar-refractivity contribution in [2.24, 2.45) is 0 Å². The lowest BCUT2D eigenvalue weighted by Gasteiger charge is -2.17. The van der Waals surface area contributed by atoms with Gasteiger partial charge >= 0.3 is 0 Å². The molecule has 0 aliphatic carbocycles. The van der Waals surface area contributed by atoms with Crippen LogP contribution in [0.2, 0.25) is 0 Å². The monoisotopic (exact) mass is 156 g/mol. The summed E-state index contributed by atoms with van der Waals surface area (Å²) in [6.45, 7) is 6.48. The van der Waals surface area contributed by atoms with Gasteiger partial charge in [0.05, 0.1) is 6.34 Å². The predicted octanol–water partition coefficient (Wildman–Crippen LogP) is 2.50. The van der Waals surface area contributed by atoms with E-state index >= 15 is 0 Å². The Balaban J connectivity index is 3.33. The van der Waals surface area contributed by atoms with Crippen molar-refractivity contribution in [3.05, 3.63) is 0 Å². The fourth-order valence-electron chi connectivity index (χ4n) is 0.963. The second-order valence-corrected chi connectivity index (χ2v) is 2.87. The highest BCUT2D eigenvalue weighted by atomic mass is 15.1. The highest BCUT2D eigenvalue weighted by molar-refractivity contribution is 5.50. The van der Waals surface area contributed by atoms with E-state index in [2.05, 4.69) is 18.7 Å². The summed E-state index contributed by atoms with van der Waals surface area (Å²) in [6, 6.07) is 0. The minimum absolute atomic E-state index is 1.06. The first kappa shape index (κ1) is 10.5. The molecule has 0 saturated carbocycles. The van der Waals surface area contributed by atoms with Crippen LogP contribution in [-0.4, -0.2) is 24.3 Å². The summed E-state index contributed by atoms with van der Waals surface area (Å²) in [4.78, 5) is 2.09. The van der Waals surface area contributed by atoms with E-state index in [9.17, 15) is 0 Å². The maximum atomic E-state index is 7.12. The Kier molecular flexibility index (Phi) is 7.21. The van der Waals surface area contributed by atoms with Crippen molar-refractivity contribution in [2.75, 3.05) is 13.1 Å². The molecule has 0 heterocycles. The highest BCUT2D eigenvalue weighted by Crippen LogP contribution is 1.95. The van der Waals surface area contributed by atoms with Gasteiger partial charge in [-0.05, 0) is 12.8 Å². The Labute approximate surface area is 70.1 Å². The van der Waals surface area contributed by atoms with Crippen LogP contribution < -0.4 is 0 Å². The zero-order chi connectivity index (χ0) is 8.53. The smallest absolute Gasteiger partial charge is 0.0817 e. The molecule has 0 aromatic carbocycles. The van der Waals surface area contributed by atoms with Gasteiger partial charge < -0.3 is 4.90 Å². The van der Waals surface area contributed by atoms with Gasteiger partial charge in [0.1, 0.15) is 0 Å². The molecule has 0 unspecified atom stereocenters. The van der Waals surface area contributed by atoms with Crippen molar-refractivity contribution in [1.29, 1.82) is 5.41 Å². The zero-order valence-corrected chi connectivity index (χ0v) is 7.77. The Bertz CT molecular complexity index is 83.6. The molecule has 0 amide bonds. The number of hydrogen-bond donors (Lipinski definition) is 1. The zero-order valence-electron chi connectivity index (χ0n) is 7.77. The fourth-order valence-corrected chi connectivity index (χ4v) is 0.963. The van der Waals surface area contributed by atoms with E-state index in [-0.39, 0.29) is 0 Å². The van der Waals surface area contributed by atoms with Gasteiger partial charge in [-0.1, -0.05) is 26.7 Å². The normalized spacial score (nSPS) is 9.64. The van der Waals surface area contributed by atoms with Gasteiger partial charge in [0.2, 0.25) is 0 Å². The Hall–Kier alpha value is -0.530. The first-order valence-corrected chi connectivity index (χ1v) is 4.59. The van der Waals surface area contributed by atoms with Crippen molar-refractivity contribution in [1.82, 2.24) is 4.90 Å². The van der Waals surface area contributed by atoms with Crippen LogP contribution in [0.1, 0.15) is 39.5 Å². The summed E-state index contributed by atoms with van der Waals surface area (Å²) in [5.41, 5.74) is 0. The molecule has 0 spiro atoms. The third-order valence-electron chi connectivity index (χ3n) is 1.78. The Morgan fingerprint density at radius 1 is 1.09 bits per heavy atom. The van der Waals surface area contributed by atoms with E-state index in [4.69, 9.17) is 5.41 Å². The van der Waals surface area contributed by atoms with Crippen LogP contribution in [0.3, 0.4) is 0 Å². The topological polar surface area (TPSA) is 27.1 Å². The van der Waals surface area contributed by atoms with Crippen LogP contribution in [0.15, 0.2) is 0 Å². The van der Waals surface area contributed by atoms with Crippen molar-refractivity contribution in [3.63, 3.8) is 0 Å². The van der Waals surface area contributed by atoms with E-state index in [1.54, 1.807) is 0 Å². The molecular weight excluding hydrogens is 136 g/mol. The van der Waals surface area contributed by atoms with E-state index in [1.165, 1.54) is 32.0 Å². The van der Waals surface area contributed by atoms with E-state index in [0.717, 1.165) is 13.1 Å². The third-order valence-corrected chi connectivity index (χ3v) is 1.78. The Morgan fingerprint density at radius 2 is 1.55 bits per heavy atom. The SMILES string of the molecule is CCCCN(C=N)CCCC. The molecule has 0 aliphatic heterocycles. The van der Waals surface area contributed by atoms with Gasteiger partial charge in [-0.3, -0.25) is 5.41 Å². The minimum atomic E-state index is 1.06. The molecule has 0 aliphatic rings. The lowest BCUT2D eigenvalue weighted by molar-refractivity contribution is 0.407. The summed E-state index contributed by atoms with van der Waals surface area (Å²) in [6.07, 6.45) is 6.32. The molecule has 0 radical (unpaired) electrons. The van der Waals surface area contributed by atoms with Crippen LogP contribution >= 0.6 is 0 Å². The first-order chi connectivity index (χ1) is 5.35. The van der Waals surface area contributed by atoms with Gasteiger partial charge in [-0.25, -0.2) is 0 Å². The van der Waals surface area contributed by atoms with Crippen LogP contribution in [0.4, 0.5) is 0 Å². The molecular formula is C9H20N2. The standard InChI is InChI=1S/C9H20N2/c1-3-5-7-11(9-10)8-6-4-2/h9-10H,3-8H2,1-2H3. The summed E-state index contributed by atoms with van der Waals surface area (Å²) in [5.74, 6) is 0. The van der Waals surface area contributed by atoms with Gasteiger partial charge in [-0.15, -0.1) is 0 Å². The molecule has 66 valence electrons. The van der Waals surface area contributed by atoms with Crippen molar-refractivity contribution < 1.29 is 0 Å². The highest BCUT2D eigenvalue weighted by Gasteiger charge is 1.95. The summed E-state index contributed by atoms with van der Waals surface area (Å²) in [7, 11) is 0. The number of rotatable bonds is 7. The predicted molar refractivity (Wildman–Crippen MR) is 50.2 cm³/mol. The van der Waals surface area contributed by atoms with Crippen LogP contribution in [0, 0.1) is 5.41 Å². The molecule has 2 heteroatoms. The van der Waals surface area contributed by atoms with Crippen LogP contribution in [-0.2, 0) is 0 Å². The molecule has 0 atom stereocenters. The fraction of sp³-hybridized carbons (Fsp3) is 0.889. The average Bonchev–Trinajstić information content (AvgIpc) is 2.05. The average molecular weight is 156 g/mol. The molecule has 0 fully saturated rings. The van der Waals surface area contributed by atoms with Gasteiger partial charge in [-0.2, -0.15) is 0 Å². The van der Waals surface area contributed by atoms with Gasteiger partial charge in [0.15, 0.2) is 0 Å². The third kappa shape index (κ3) is 5.89. The van der Waals surface area contributed by atoms with Gasteiger partial charge in [0.25, 0.3) is 0 Å². The molecule has 11 heavy (non-hydrogen) atoms. The number of hydrogen-bond acceptors (Lipinski definition) is 1. The minimum Gasteiger partial charge on any atom is -0.363 e. The summed E-state index contributed by atoms with van der Waals surface area (Å²) >= 11 is 0. The summed E-state index contributed by atoms with van der Waals surface area (Å²) in [5, 5.41) is 7.12. The molecule has 2 nitrogen and oxygen atoms in total. The lowest BCUT2D eigenvalue weighted by atomic mass is 10.3.